The number of aliphatic carboxylic acids is 2. The maximum atomic E-state index is 13.6. The minimum Gasteiger partial charge on any atom is -0.507 e. The number of nitrogens with two attached hydrogens (primary N) is 1. The number of carbonyl (C=O) groups excluding carboxylic acids is 3. The van der Waals surface area contributed by atoms with Crippen molar-refractivity contribution in [3.63, 3.8) is 0 Å². The van der Waals surface area contributed by atoms with Gasteiger partial charge in [-0.2, -0.15) is 0 Å². The Balaban J connectivity index is 0.000000153. The van der Waals surface area contributed by atoms with E-state index in [9.17, 15) is 59.7 Å². The molecule has 13 rings (SSSR count). The Bertz CT molecular complexity index is 3580. The maximum Gasteiger partial charge on any atom is 0.309 e. The van der Waals surface area contributed by atoms with Gasteiger partial charge in [-0.05, 0) is 243 Å². The van der Waals surface area contributed by atoms with Gasteiger partial charge in [-0.1, -0.05) is 81.4 Å². The van der Waals surface area contributed by atoms with Crippen molar-refractivity contribution in [3.05, 3.63) is 122 Å². The highest BCUT2D eigenvalue weighted by Crippen LogP contribution is 2.69. The molecule has 0 spiro atoms. The molecule has 7 aliphatic carbocycles. The molecule has 18 atom stereocenters. The van der Waals surface area contributed by atoms with E-state index in [2.05, 4.69) is 62.5 Å². The monoisotopic (exact) mass is 1380 g/mol. The minimum atomic E-state index is -2.22. The van der Waals surface area contributed by atoms with E-state index in [0.29, 0.717) is 54.1 Å². The molecule has 0 radical (unpaired) electrons. The van der Waals surface area contributed by atoms with Crippen LogP contribution in [0.1, 0.15) is 234 Å². The molecule has 0 amide bonds. The summed E-state index contributed by atoms with van der Waals surface area (Å²) in [5.41, 5.74) is 7.07. The molecule has 4 aromatic carbocycles. The number of carboxylic acid groups (broad SMARTS) is 2. The summed E-state index contributed by atoms with van der Waals surface area (Å²) in [5.74, 6) is 1.77. The third-order valence-corrected chi connectivity index (χ3v) is 25.4. The summed E-state index contributed by atoms with van der Waals surface area (Å²) in [6, 6.07) is 21.1. The number of hydrogen-bond acceptors (Lipinski definition) is 17. The zero-order chi connectivity index (χ0) is 72.5. The molecule has 548 valence electrons. The van der Waals surface area contributed by atoms with Gasteiger partial charge in [0.1, 0.15) is 29.5 Å². The van der Waals surface area contributed by atoms with Crippen LogP contribution in [0.15, 0.2) is 66.7 Å². The van der Waals surface area contributed by atoms with Gasteiger partial charge in [-0.25, -0.2) is 0 Å². The molecule has 5 unspecified atom stereocenters. The number of fused-ring (bicyclic) bond motifs is 8. The lowest BCUT2D eigenvalue weighted by atomic mass is 9.43. The van der Waals surface area contributed by atoms with Crippen LogP contribution in [0.2, 0.25) is 0 Å². The van der Waals surface area contributed by atoms with Crippen molar-refractivity contribution in [2.24, 2.45) is 69.3 Å². The van der Waals surface area contributed by atoms with Crippen LogP contribution in [-0.4, -0.2) is 144 Å². The normalized spacial score (nSPS) is 32.9. The van der Waals surface area contributed by atoms with E-state index in [1.165, 1.54) is 76.1 Å². The van der Waals surface area contributed by atoms with E-state index in [1.807, 2.05) is 26.0 Å². The number of nitrogens with one attached hydrogen (secondary N) is 1. The topological polar surface area (TPSA) is 333 Å². The third kappa shape index (κ3) is 16.1. The summed E-state index contributed by atoms with van der Waals surface area (Å²) in [6.07, 6.45) is 11.3. The van der Waals surface area contributed by atoms with Crippen molar-refractivity contribution >= 4 is 29.3 Å². The molecule has 0 bridgehead atoms. The van der Waals surface area contributed by atoms with Crippen molar-refractivity contribution in [1.82, 2.24) is 5.32 Å². The number of rotatable bonds is 17. The number of ether oxygens (including phenoxy) is 3. The van der Waals surface area contributed by atoms with Crippen molar-refractivity contribution < 1.29 is 84.1 Å². The summed E-state index contributed by atoms with van der Waals surface area (Å²) >= 11 is 0. The number of aliphatic hydroxyl groups is 5. The summed E-state index contributed by atoms with van der Waals surface area (Å²) in [5, 5.41) is 96.6. The second kappa shape index (κ2) is 31.5. The quantitative estimate of drug-likeness (QED) is 0.0304. The third-order valence-electron chi connectivity index (χ3n) is 25.4. The molecule has 0 aromatic heterocycles. The van der Waals surface area contributed by atoms with Crippen LogP contribution >= 0.6 is 0 Å². The van der Waals surface area contributed by atoms with Crippen molar-refractivity contribution in [3.8, 4) is 17.2 Å². The number of phenolic OH excluding ortho intramolecular Hbond substituents is 2. The summed E-state index contributed by atoms with van der Waals surface area (Å²) in [4.78, 5) is 61.6. The number of phenols is 2. The van der Waals surface area contributed by atoms with Crippen molar-refractivity contribution in [2.45, 2.75) is 239 Å². The largest absolute Gasteiger partial charge is 0.507 e. The lowest BCUT2D eigenvalue weighted by molar-refractivity contribution is -0.247. The fourth-order valence-corrected chi connectivity index (χ4v) is 19.3. The molecule has 5 saturated carbocycles. The van der Waals surface area contributed by atoms with Gasteiger partial charge in [-0.3, -0.25) is 24.0 Å². The molecular formula is C81H112N2O17. The molecule has 12 N–H and O–H groups in total. The Morgan fingerprint density at radius 3 is 2.17 bits per heavy atom. The lowest BCUT2D eigenvalue weighted by Crippen LogP contribution is -2.58. The highest BCUT2D eigenvalue weighted by Gasteiger charge is 2.63. The number of Topliss-reactive ketones (excluding diaryl/α,β-unsaturated/α-hetero) is 1. The predicted molar refractivity (Wildman–Crippen MR) is 378 cm³/mol. The van der Waals surface area contributed by atoms with Crippen molar-refractivity contribution in [2.75, 3.05) is 26.3 Å². The standard InChI is InChI=1S/C27H29NO10.C24H40O4.C15H21N.C15H22O3/c1-10-4-3-5-12-18(10)25(34)21-20(23(12)32)24(33)13-7-27(36,16(30)9-29)8-15(19(13)26(21)35)38-17-6-14(28)22(31)11(2)37-17;1-14(4-7-21(27)28)17-5-6-18-22-19(9-11-24(17,18)3)23(2)10-8-16(25)12-15(23)13-20(22)26;1-2-4-13(5-3-1)15-11-14(15)10-12-6-8-16-9-7-12;1-11-6-7-12(2)13(10-11)18-9-5-8-15(3,4)14(16)17/h3-5,11,14-15,17,22,29,31,33,35-36H,6-9,28H2,1-2H3;14-20,22,25-26H,4-13H2,1-3H3,(H,27,28);1-5,12,14-16H,6-11H2;6-7,10H,5,8-9H2,1-4H3,(H,16,17)/t11?,14?,15-,17?,22?,27-;14-,15+,16-,17?,18+,19+,20+,22+,23+,24-;14-,15+;/m011./s1. The van der Waals surface area contributed by atoms with E-state index < -0.39 is 113 Å². The molecule has 2 aliphatic heterocycles. The average Bonchev–Trinajstić information content (AvgIpc) is 1.11. The molecule has 9 aliphatic rings. The highest BCUT2D eigenvalue weighted by molar-refractivity contribution is 6.31. The average molecular weight is 1390 g/mol. The fraction of sp³-hybridized carbons (Fsp3) is 0.642. The zero-order valence-electron chi connectivity index (χ0n) is 60.2. The predicted octanol–water partition coefficient (Wildman–Crippen LogP) is 11.5. The highest BCUT2D eigenvalue weighted by atomic mass is 16.7. The molecule has 2 saturated heterocycles. The number of aromatic hydroxyl groups is 2. The second-order valence-electron chi connectivity index (χ2n) is 32.5. The number of aliphatic hydroxyl groups excluding tert-OH is 4. The number of carbonyl (C=O) groups is 5. The summed E-state index contributed by atoms with van der Waals surface area (Å²) in [6.45, 7) is 20.0. The Hall–Kier alpha value is -6.13. The van der Waals surface area contributed by atoms with E-state index in [1.54, 1.807) is 45.4 Å². The first-order chi connectivity index (χ1) is 47.3. The van der Waals surface area contributed by atoms with Gasteiger partial charge in [0, 0.05) is 54.0 Å². The van der Waals surface area contributed by atoms with Crippen LogP contribution in [-0.2, 0) is 30.3 Å². The molecule has 7 fully saturated rings. The van der Waals surface area contributed by atoms with E-state index in [-0.39, 0.29) is 58.1 Å². The van der Waals surface area contributed by atoms with E-state index in [4.69, 9.17) is 30.2 Å². The SMILES string of the molecule is C[C@H](CCC(=O)O)C1CC[C@H]2[C@@H]3[C@@H](O)C[C@@H]4C[C@H](O)CC[C@]4(C)[C@H]3CC[C@]12C.Cc1ccc(C)c(OCCCC(C)(C)C(=O)O)c1.Cc1cccc2c1C(=O)c1c(O)c3c(c(O)c1C2=O)C[C@@](O)(C(=O)CO)C[C@@H]3OC1CC(N)C(O)C(C)O1.c1ccc([C@@H]2C[C@H]2CC2CCNCC2)cc1. The number of carboxylic acids is 2. The fourth-order valence-electron chi connectivity index (χ4n) is 19.3. The number of ketones is 3. The van der Waals surface area contributed by atoms with Crippen LogP contribution in [0.4, 0.5) is 0 Å². The van der Waals surface area contributed by atoms with Gasteiger partial charge in [0.15, 0.2) is 23.6 Å². The molecular weight excluding hydrogens is 1270 g/mol. The molecule has 2 heterocycles. The molecule has 19 heteroatoms. The summed E-state index contributed by atoms with van der Waals surface area (Å²) < 4.78 is 17.4. The van der Waals surface area contributed by atoms with Crippen LogP contribution in [0.25, 0.3) is 0 Å². The number of hydrogen-bond donors (Lipinski definition) is 11. The Labute approximate surface area is 590 Å². The number of piperidine rings is 1. The van der Waals surface area contributed by atoms with Gasteiger partial charge < -0.3 is 71.2 Å². The van der Waals surface area contributed by atoms with Crippen LogP contribution in [0.3, 0.4) is 0 Å². The van der Waals surface area contributed by atoms with Crippen LogP contribution in [0, 0.1) is 84.4 Å². The number of benzene rings is 4. The van der Waals surface area contributed by atoms with Crippen LogP contribution in [0.5, 0.6) is 17.2 Å². The smallest absolute Gasteiger partial charge is 0.309 e. The number of aryl methyl sites for hydroxylation is 3. The maximum absolute atomic E-state index is 13.6. The summed E-state index contributed by atoms with van der Waals surface area (Å²) in [7, 11) is 0. The lowest BCUT2D eigenvalue weighted by Gasteiger charge is -2.62. The van der Waals surface area contributed by atoms with Gasteiger partial charge in [0.25, 0.3) is 0 Å². The Morgan fingerprint density at radius 1 is 0.800 bits per heavy atom. The van der Waals surface area contributed by atoms with Gasteiger partial charge in [0.05, 0.1) is 53.7 Å². The van der Waals surface area contributed by atoms with Gasteiger partial charge in [-0.15, -0.1) is 0 Å². The first-order valence-electron chi connectivity index (χ1n) is 37.0. The zero-order valence-corrected chi connectivity index (χ0v) is 60.2. The molecule has 4 aromatic rings. The Kier molecular flexibility index (Phi) is 24.1. The van der Waals surface area contributed by atoms with Crippen LogP contribution < -0.4 is 15.8 Å². The first kappa shape index (κ1) is 76.5. The minimum absolute atomic E-state index is 0.0331. The second-order valence-corrected chi connectivity index (χ2v) is 32.5. The van der Waals surface area contributed by atoms with Gasteiger partial charge in [0.2, 0.25) is 0 Å². The Morgan fingerprint density at radius 2 is 1.49 bits per heavy atom. The van der Waals surface area contributed by atoms with E-state index in [0.717, 1.165) is 67.6 Å². The first-order valence-corrected chi connectivity index (χ1v) is 37.0. The van der Waals surface area contributed by atoms with Gasteiger partial charge >= 0.3 is 11.9 Å². The van der Waals surface area contributed by atoms with E-state index >= 15 is 0 Å². The van der Waals surface area contributed by atoms with Crippen molar-refractivity contribution in [1.29, 1.82) is 0 Å². The molecule has 19 nitrogen and oxygen atoms in total. The molecule has 100 heavy (non-hydrogen) atoms.